The van der Waals surface area contributed by atoms with E-state index in [0.29, 0.717) is 0 Å². The van der Waals surface area contributed by atoms with Crippen molar-refractivity contribution in [1.82, 2.24) is 0 Å². The second kappa shape index (κ2) is 15.2. The number of benzene rings is 1. The molecule has 2 aromatic heterocycles. The summed E-state index contributed by atoms with van der Waals surface area (Å²) in [5, 5.41) is 0. The summed E-state index contributed by atoms with van der Waals surface area (Å²) in [5.74, 6) is 0. The van der Waals surface area contributed by atoms with E-state index in [-0.39, 0.29) is 6.04 Å². The van der Waals surface area contributed by atoms with Gasteiger partial charge in [0.05, 0.1) is 10.9 Å². The molecule has 0 radical (unpaired) electrons. The maximum Gasteiger partial charge on any atom is 0.160 e. The molecule has 3 heterocycles. The first kappa shape index (κ1) is 30.8. The van der Waals surface area contributed by atoms with Crippen LogP contribution in [-0.4, -0.2) is 18.9 Å². The zero-order chi connectivity index (χ0) is 29.3. The van der Waals surface area contributed by atoms with Gasteiger partial charge in [0.2, 0.25) is 0 Å². The normalized spacial score (nSPS) is 15.8. The number of unbranched alkanes of at least 4 members (excludes halogenated alkanes) is 7. The van der Waals surface area contributed by atoms with Gasteiger partial charge >= 0.3 is 0 Å². The summed E-state index contributed by atoms with van der Waals surface area (Å²) in [6.07, 6.45) is 24.8. The minimum Gasteiger partial charge on any atom is -0.360 e. The lowest BCUT2D eigenvalue weighted by atomic mass is 9.83. The van der Waals surface area contributed by atoms with Crippen molar-refractivity contribution in [3.8, 4) is 9.75 Å². The van der Waals surface area contributed by atoms with Crippen LogP contribution in [0.15, 0.2) is 66.3 Å². The van der Waals surface area contributed by atoms with E-state index in [0.717, 1.165) is 30.5 Å². The van der Waals surface area contributed by atoms with E-state index in [1.54, 1.807) is 11.3 Å². The lowest BCUT2D eigenvalue weighted by Crippen LogP contribution is -2.40. The lowest BCUT2D eigenvalue weighted by Gasteiger charge is -2.40. The molecule has 1 atom stereocenters. The molecule has 1 aliphatic carbocycles. The average molecular weight is 598 g/mol. The van der Waals surface area contributed by atoms with Crippen LogP contribution in [0.4, 0.5) is 5.69 Å². The molecule has 0 fully saturated rings. The van der Waals surface area contributed by atoms with E-state index < -0.39 is 0 Å². The molecule has 4 heteroatoms. The molecule has 42 heavy (non-hydrogen) atoms. The zero-order valence-electron chi connectivity index (χ0n) is 25.8. The molecule has 5 rings (SSSR count). The maximum absolute atomic E-state index is 11.9. The van der Waals surface area contributed by atoms with Gasteiger partial charge in [0.1, 0.15) is 0 Å². The Balaban J connectivity index is 1.62. The van der Waals surface area contributed by atoms with Crippen molar-refractivity contribution >= 4 is 40.2 Å². The van der Waals surface area contributed by atoms with Crippen molar-refractivity contribution in [1.29, 1.82) is 0 Å². The number of carbonyl (C=O) groups excluding carboxylic acids is 1. The van der Waals surface area contributed by atoms with Crippen LogP contribution in [0, 0.1) is 0 Å². The Hall–Kier alpha value is -2.69. The molecule has 1 aromatic carbocycles. The molecule has 0 spiro atoms. The number of para-hydroxylation sites is 1. The molecule has 1 aliphatic heterocycles. The number of nitrogens with zero attached hydrogens (tertiary/aromatic N) is 1. The van der Waals surface area contributed by atoms with E-state index in [1.807, 2.05) is 11.3 Å². The largest absolute Gasteiger partial charge is 0.360 e. The number of fused-ring (bicyclic) bond motifs is 2. The van der Waals surface area contributed by atoms with Gasteiger partial charge in [-0.1, -0.05) is 108 Å². The Morgan fingerprint density at radius 1 is 0.786 bits per heavy atom. The Morgan fingerprint density at radius 2 is 1.50 bits per heavy atom. The van der Waals surface area contributed by atoms with E-state index in [2.05, 4.69) is 86.4 Å². The predicted octanol–water partition coefficient (Wildman–Crippen LogP) is 11.5. The highest BCUT2D eigenvalue weighted by Gasteiger charge is 2.33. The van der Waals surface area contributed by atoms with Gasteiger partial charge in [0.25, 0.3) is 0 Å². The van der Waals surface area contributed by atoms with Crippen molar-refractivity contribution in [2.75, 3.05) is 11.4 Å². The van der Waals surface area contributed by atoms with Crippen molar-refractivity contribution in [3.63, 3.8) is 0 Å². The molecule has 2 nitrogen and oxygen atoms in total. The fourth-order valence-corrected chi connectivity index (χ4v) is 8.89. The van der Waals surface area contributed by atoms with Gasteiger partial charge in [-0.2, -0.15) is 0 Å². The number of hydrogen-bond donors (Lipinski definition) is 0. The highest BCUT2D eigenvalue weighted by atomic mass is 32.1. The van der Waals surface area contributed by atoms with Gasteiger partial charge in [-0.3, -0.25) is 4.79 Å². The van der Waals surface area contributed by atoms with Gasteiger partial charge in [0.15, 0.2) is 6.29 Å². The molecular formula is C38H47NOS2. The first-order valence-corrected chi connectivity index (χ1v) is 18.0. The summed E-state index contributed by atoms with van der Waals surface area (Å²) in [7, 11) is 0. The fraction of sp³-hybridized carbons (Fsp3) is 0.447. The average Bonchev–Trinajstić information content (AvgIpc) is 3.63. The molecule has 0 N–H and O–H groups in total. The van der Waals surface area contributed by atoms with Crippen LogP contribution in [0.1, 0.15) is 116 Å². The molecule has 1 unspecified atom stereocenters. The third-order valence-corrected chi connectivity index (χ3v) is 11.1. The minimum atomic E-state index is 0.266. The van der Waals surface area contributed by atoms with Crippen LogP contribution in [0.2, 0.25) is 0 Å². The summed E-state index contributed by atoms with van der Waals surface area (Å²) in [4.78, 5) is 19.5. The van der Waals surface area contributed by atoms with Crippen molar-refractivity contribution in [2.24, 2.45) is 0 Å². The molecule has 3 aromatic rings. The zero-order valence-corrected chi connectivity index (χ0v) is 27.4. The molecule has 0 bridgehead atoms. The van der Waals surface area contributed by atoms with Crippen LogP contribution in [0.3, 0.4) is 0 Å². The SMILES string of the molecule is CCCCCCc1cc(-c2sc(C=O)cc2CCCCCC)sc1C1=C2C=CC=CC2N(CCCC)c2ccccc21. The summed E-state index contributed by atoms with van der Waals surface area (Å²) < 4.78 is 0. The first-order chi connectivity index (χ1) is 20.7. The van der Waals surface area contributed by atoms with Gasteiger partial charge in [0, 0.05) is 38.0 Å². The quantitative estimate of drug-likeness (QED) is 0.121. The van der Waals surface area contributed by atoms with Crippen molar-refractivity contribution in [3.05, 3.63) is 92.7 Å². The van der Waals surface area contributed by atoms with Crippen LogP contribution < -0.4 is 4.90 Å². The second-order valence-corrected chi connectivity index (χ2v) is 13.9. The topological polar surface area (TPSA) is 20.3 Å². The molecule has 0 saturated carbocycles. The summed E-state index contributed by atoms with van der Waals surface area (Å²) >= 11 is 3.65. The number of aryl methyl sites for hydroxylation is 2. The fourth-order valence-electron chi connectivity index (χ4n) is 6.44. The third kappa shape index (κ3) is 6.76. The van der Waals surface area contributed by atoms with Crippen LogP contribution in [0.5, 0.6) is 0 Å². The molecular weight excluding hydrogens is 551 g/mol. The van der Waals surface area contributed by atoms with Crippen LogP contribution in [-0.2, 0) is 12.8 Å². The molecule has 0 saturated heterocycles. The van der Waals surface area contributed by atoms with Crippen LogP contribution >= 0.6 is 22.7 Å². The van der Waals surface area contributed by atoms with Gasteiger partial charge < -0.3 is 4.90 Å². The lowest BCUT2D eigenvalue weighted by molar-refractivity contribution is 0.112. The number of aldehydes is 1. The summed E-state index contributed by atoms with van der Waals surface area (Å²) in [5.41, 5.74) is 8.40. The minimum absolute atomic E-state index is 0.266. The summed E-state index contributed by atoms with van der Waals surface area (Å²) in [6, 6.07) is 14.0. The van der Waals surface area contributed by atoms with Crippen molar-refractivity contribution < 1.29 is 4.79 Å². The predicted molar refractivity (Wildman–Crippen MR) is 185 cm³/mol. The number of allylic oxidation sites excluding steroid dienone is 2. The molecule has 0 amide bonds. The number of rotatable bonds is 16. The Kier molecular flexibility index (Phi) is 11.1. The van der Waals surface area contributed by atoms with Gasteiger partial charge in [-0.05, 0) is 67.0 Å². The van der Waals surface area contributed by atoms with Gasteiger partial charge in [-0.25, -0.2) is 0 Å². The monoisotopic (exact) mass is 597 g/mol. The second-order valence-electron chi connectivity index (χ2n) is 11.8. The Morgan fingerprint density at radius 3 is 2.21 bits per heavy atom. The third-order valence-electron chi connectivity index (χ3n) is 8.66. The van der Waals surface area contributed by atoms with E-state index in [9.17, 15) is 4.79 Å². The Bertz CT molecular complexity index is 1430. The van der Waals surface area contributed by atoms with Crippen molar-refractivity contribution in [2.45, 2.75) is 104 Å². The van der Waals surface area contributed by atoms with Gasteiger partial charge in [-0.15, -0.1) is 22.7 Å². The summed E-state index contributed by atoms with van der Waals surface area (Å²) in [6.45, 7) is 7.90. The van der Waals surface area contributed by atoms with E-state index in [4.69, 9.17) is 0 Å². The Labute approximate surface area is 261 Å². The molecule has 222 valence electrons. The number of hydrogen-bond acceptors (Lipinski definition) is 4. The highest BCUT2D eigenvalue weighted by Crippen LogP contribution is 2.49. The first-order valence-electron chi connectivity index (χ1n) is 16.4. The number of thiophene rings is 2. The smallest absolute Gasteiger partial charge is 0.160 e. The highest BCUT2D eigenvalue weighted by molar-refractivity contribution is 7.23. The molecule has 2 aliphatic rings. The number of carbonyl (C=O) groups is 1. The van der Waals surface area contributed by atoms with E-state index in [1.165, 1.54) is 112 Å². The standard InChI is InChI=1S/C38H47NOS2/c1-4-7-10-12-18-28-25-30(27-40)41-37(28)35-26-29(19-13-11-8-5-2)38(42-35)36-31-20-14-16-22-33(31)39(24-9-6-3)34-23-17-15-21-32(34)36/h14-17,20-23,25-27,33H,4-13,18-19,24H2,1-3H3. The van der Waals surface area contributed by atoms with E-state index >= 15 is 0 Å². The number of anilines is 1. The maximum atomic E-state index is 11.9. The van der Waals surface area contributed by atoms with Crippen LogP contribution in [0.25, 0.3) is 15.3 Å².